The van der Waals surface area contributed by atoms with Gasteiger partial charge in [-0.1, -0.05) is 0 Å². The van der Waals surface area contributed by atoms with Crippen molar-refractivity contribution in [2.75, 3.05) is 5.38 Å². The second-order valence-electron chi connectivity index (χ2n) is 0.408. The third-order valence-corrected chi connectivity index (χ3v) is 0.475. The van der Waals surface area contributed by atoms with Gasteiger partial charge in [0.05, 0.1) is 0 Å². The Kier molecular flexibility index (Phi) is 3.86. The van der Waals surface area contributed by atoms with Crippen molar-refractivity contribution < 1.29 is 4.79 Å². The molecular formula is C2H2GeNO. The molecule has 0 aliphatic rings. The second kappa shape index (κ2) is 3.92. The summed E-state index contributed by atoms with van der Waals surface area (Å²) in [5.74, 6) is 0. The molecule has 5 heavy (non-hydrogen) atoms. The van der Waals surface area contributed by atoms with Crippen LogP contribution in [0.5, 0.6) is 0 Å². The Hall–Kier alpha value is -0.0771. The summed E-state index contributed by atoms with van der Waals surface area (Å²) >= 11 is 1.78. The molecule has 0 atom stereocenters. The third-order valence-electron chi connectivity index (χ3n) is 0.144. The zero-order valence-corrected chi connectivity index (χ0v) is 4.66. The van der Waals surface area contributed by atoms with Crippen LogP contribution in [0, 0.1) is 0 Å². The molecule has 0 aliphatic carbocycles. The van der Waals surface area contributed by atoms with Gasteiger partial charge in [-0.3, -0.25) is 0 Å². The molecule has 3 radical (unpaired) electrons. The summed E-state index contributed by atoms with van der Waals surface area (Å²) in [6, 6.07) is 0. The Balaban J connectivity index is 2.93. The first-order chi connectivity index (χ1) is 2.41. The van der Waals surface area contributed by atoms with Crippen molar-refractivity contribution in [1.29, 1.82) is 0 Å². The fourth-order valence-corrected chi connectivity index (χ4v) is 0.168. The van der Waals surface area contributed by atoms with E-state index in [1.165, 1.54) is 6.08 Å². The van der Waals surface area contributed by atoms with E-state index in [0.29, 0.717) is 5.38 Å². The Morgan fingerprint density at radius 2 is 2.60 bits per heavy atom. The van der Waals surface area contributed by atoms with Crippen LogP contribution in [0.15, 0.2) is 4.99 Å². The zero-order chi connectivity index (χ0) is 4.12. The Morgan fingerprint density at radius 3 is 2.60 bits per heavy atom. The number of rotatable bonds is 1. The first kappa shape index (κ1) is 4.92. The van der Waals surface area contributed by atoms with Gasteiger partial charge in [-0.05, 0) is 0 Å². The molecule has 0 saturated carbocycles. The maximum absolute atomic E-state index is 9.11. The fourth-order valence-electron chi connectivity index (χ4n) is 0.0323. The quantitative estimate of drug-likeness (QED) is 0.265. The van der Waals surface area contributed by atoms with Gasteiger partial charge in [0.1, 0.15) is 0 Å². The topological polar surface area (TPSA) is 29.4 Å². The van der Waals surface area contributed by atoms with Crippen LogP contribution in [0.3, 0.4) is 0 Å². The number of hydrogen-bond donors (Lipinski definition) is 0. The number of hydrogen-bond acceptors (Lipinski definition) is 2. The monoisotopic (exact) mass is 130 g/mol. The minimum absolute atomic E-state index is 0.545. The van der Waals surface area contributed by atoms with Crippen LogP contribution in [-0.2, 0) is 4.79 Å². The van der Waals surface area contributed by atoms with Crippen LogP contribution >= 0.6 is 0 Å². The molecule has 0 N–H and O–H groups in total. The van der Waals surface area contributed by atoms with Crippen molar-refractivity contribution in [2.45, 2.75) is 0 Å². The summed E-state index contributed by atoms with van der Waals surface area (Å²) in [5, 5.41) is 0.545. The molecule has 0 saturated heterocycles. The molecule has 0 rings (SSSR count). The molecule has 0 spiro atoms. The third kappa shape index (κ3) is 3.92. The Bertz CT molecular complexity index is 56.7. The molecule has 25 valence electrons. The van der Waals surface area contributed by atoms with E-state index in [-0.39, 0.29) is 0 Å². The number of carbonyl (C=O) groups excluding carboxylic acids is 1. The van der Waals surface area contributed by atoms with E-state index in [9.17, 15) is 0 Å². The van der Waals surface area contributed by atoms with Gasteiger partial charge in [0, 0.05) is 0 Å². The van der Waals surface area contributed by atoms with Crippen LogP contribution < -0.4 is 0 Å². The van der Waals surface area contributed by atoms with Gasteiger partial charge in [-0.2, -0.15) is 0 Å². The molecule has 2 nitrogen and oxygen atoms in total. The number of isocyanates is 1. The van der Waals surface area contributed by atoms with Gasteiger partial charge >= 0.3 is 37.8 Å². The average molecular weight is 129 g/mol. The second-order valence-corrected chi connectivity index (χ2v) is 1.07. The van der Waals surface area contributed by atoms with E-state index in [2.05, 4.69) is 4.99 Å². The molecule has 3 heteroatoms. The SMILES string of the molecule is O=C=N[CH2][Ge]. The summed E-state index contributed by atoms with van der Waals surface area (Å²) in [6.07, 6.45) is 1.39. The van der Waals surface area contributed by atoms with Gasteiger partial charge < -0.3 is 0 Å². The number of aliphatic imine (C=N–C) groups is 1. The van der Waals surface area contributed by atoms with Crippen molar-refractivity contribution >= 4 is 22.6 Å². The van der Waals surface area contributed by atoms with E-state index >= 15 is 0 Å². The van der Waals surface area contributed by atoms with Crippen LogP contribution in [0.4, 0.5) is 0 Å². The van der Waals surface area contributed by atoms with Gasteiger partial charge in [0.15, 0.2) is 0 Å². The van der Waals surface area contributed by atoms with Gasteiger partial charge in [0.25, 0.3) is 0 Å². The zero-order valence-electron chi connectivity index (χ0n) is 2.56. The Morgan fingerprint density at radius 1 is 2.00 bits per heavy atom. The van der Waals surface area contributed by atoms with Gasteiger partial charge in [-0.25, -0.2) is 0 Å². The molecule has 0 fully saturated rings. The molecule has 0 heterocycles. The fraction of sp³-hybridized carbons (Fsp3) is 0.500. The standard InChI is InChI=1S/C2H2GeNO/c3-1-4-2-5/h1H2. The molecule has 0 aromatic heterocycles. The van der Waals surface area contributed by atoms with E-state index < -0.39 is 0 Å². The predicted molar refractivity (Wildman–Crippen MR) is 18.7 cm³/mol. The maximum atomic E-state index is 9.11. The molecule has 0 aliphatic heterocycles. The van der Waals surface area contributed by atoms with Crippen LogP contribution in [0.1, 0.15) is 0 Å². The summed E-state index contributed by atoms with van der Waals surface area (Å²) in [5.41, 5.74) is 0. The number of nitrogens with zero attached hydrogens (tertiary/aromatic N) is 1. The van der Waals surface area contributed by atoms with Crippen molar-refractivity contribution in [3.05, 3.63) is 0 Å². The molecule has 0 bridgehead atoms. The van der Waals surface area contributed by atoms with Crippen molar-refractivity contribution in [3.8, 4) is 0 Å². The summed E-state index contributed by atoms with van der Waals surface area (Å²) < 4.78 is 0. The molecular weight excluding hydrogens is 127 g/mol. The van der Waals surface area contributed by atoms with E-state index in [0.717, 1.165) is 0 Å². The Labute approximate surface area is 38.5 Å². The van der Waals surface area contributed by atoms with Crippen molar-refractivity contribution in [3.63, 3.8) is 0 Å². The van der Waals surface area contributed by atoms with Crippen LogP contribution in [0.25, 0.3) is 0 Å². The van der Waals surface area contributed by atoms with Crippen molar-refractivity contribution in [1.82, 2.24) is 0 Å². The van der Waals surface area contributed by atoms with Crippen LogP contribution in [0.2, 0.25) is 0 Å². The minimum atomic E-state index is 0.545. The van der Waals surface area contributed by atoms with Gasteiger partial charge in [-0.15, -0.1) is 0 Å². The first-order valence-electron chi connectivity index (χ1n) is 1.10. The summed E-state index contributed by atoms with van der Waals surface area (Å²) in [7, 11) is 0. The summed E-state index contributed by atoms with van der Waals surface area (Å²) in [6.45, 7) is 0. The van der Waals surface area contributed by atoms with Crippen LogP contribution in [-0.4, -0.2) is 28.0 Å². The predicted octanol–water partition coefficient (Wildman–Crippen LogP) is -0.552. The molecule has 0 aromatic carbocycles. The average Bonchev–Trinajstić information content (AvgIpc) is 1.41. The normalized spacial score (nSPS) is 5.80. The summed E-state index contributed by atoms with van der Waals surface area (Å²) in [4.78, 5) is 12.3. The van der Waals surface area contributed by atoms with E-state index in [4.69, 9.17) is 4.79 Å². The van der Waals surface area contributed by atoms with Gasteiger partial charge in [0.2, 0.25) is 0 Å². The van der Waals surface area contributed by atoms with Crippen molar-refractivity contribution in [2.24, 2.45) is 4.99 Å². The van der Waals surface area contributed by atoms with E-state index in [1.807, 2.05) is 0 Å². The van der Waals surface area contributed by atoms with E-state index in [1.54, 1.807) is 16.5 Å². The first-order valence-corrected chi connectivity index (χ1v) is 2.58. The molecule has 0 unspecified atom stereocenters. The molecule has 0 amide bonds. The molecule has 0 aromatic rings.